The molecular formula is C23H28N2O7S. The van der Waals surface area contributed by atoms with Crippen molar-refractivity contribution in [3.63, 3.8) is 0 Å². The molecule has 2 aliphatic heterocycles. The SMILES string of the molecule is COc1ccc(CCC(=O)N2CCN(S(=O)(=O)c3ccc4c(c3)OCCO4)CC2)cc1OC. The normalized spacial score (nSPS) is 16.4. The van der Waals surface area contributed by atoms with E-state index in [1.807, 2.05) is 18.2 Å². The van der Waals surface area contributed by atoms with Crippen LogP contribution in [0.5, 0.6) is 23.0 Å². The predicted molar refractivity (Wildman–Crippen MR) is 121 cm³/mol. The van der Waals surface area contributed by atoms with Gasteiger partial charge < -0.3 is 23.8 Å². The predicted octanol–water partition coefficient (Wildman–Crippen LogP) is 1.94. The van der Waals surface area contributed by atoms with Crippen LogP contribution < -0.4 is 18.9 Å². The molecule has 33 heavy (non-hydrogen) atoms. The third-order valence-electron chi connectivity index (χ3n) is 5.82. The molecule has 0 aliphatic carbocycles. The number of amides is 1. The Bertz CT molecular complexity index is 1110. The molecule has 9 nitrogen and oxygen atoms in total. The molecule has 1 amide bonds. The minimum absolute atomic E-state index is 0.00108. The molecule has 1 saturated heterocycles. The second-order valence-corrected chi connectivity index (χ2v) is 9.72. The molecular weight excluding hydrogens is 448 g/mol. The molecule has 0 spiro atoms. The maximum absolute atomic E-state index is 13.1. The third kappa shape index (κ3) is 5.01. The van der Waals surface area contributed by atoms with Gasteiger partial charge in [0.1, 0.15) is 13.2 Å². The van der Waals surface area contributed by atoms with Crippen molar-refractivity contribution < 1.29 is 32.2 Å². The molecule has 0 N–H and O–H groups in total. The summed E-state index contributed by atoms with van der Waals surface area (Å²) in [7, 11) is -0.527. The van der Waals surface area contributed by atoms with Gasteiger partial charge in [0.05, 0.1) is 19.1 Å². The Kier molecular flexibility index (Phi) is 6.94. The topological polar surface area (TPSA) is 94.6 Å². The van der Waals surface area contributed by atoms with E-state index in [0.29, 0.717) is 62.1 Å². The average molecular weight is 477 g/mol. The quantitative estimate of drug-likeness (QED) is 0.603. The number of sulfonamides is 1. The molecule has 0 atom stereocenters. The van der Waals surface area contributed by atoms with E-state index in [4.69, 9.17) is 18.9 Å². The Morgan fingerprint density at radius 3 is 2.30 bits per heavy atom. The van der Waals surface area contributed by atoms with Gasteiger partial charge in [0.15, 0.2) is 23.0 Å². The summed E-state index contributed by atoms with van der Waals surface area (Å²) in [6.07, 6.45) is 0.902. The first kappa shape index (κ1) is 23.2. The van der Waals surface area contributed by atoms with Crippen LogP contribution in [0.2, 0.25) is 0 Å². The van der Waals surface area contributed by atoms with Gasteiger partial charge in [0, 0.05) is 38.7 Å². The second kappa shape index (κ2) is 9.88. The zero-order chi connectivity index (χ0) is 23.4. The van der Waals surface area contributed by atoms with Gasteiger partial charge in [-0.05, 0) is 36.2 Å². The number of benzene rings is 2. The van der Waals surface area contributed by atoms with Crippen molar-refractivity contribution in [2.45, 2.75) is 17.7 Å². The smallest absolute Gasteiger partial charge is 0.243 e. The van der Waals surface area contributed by atoms with Crippen LogP contribution in [0, 0.1) is 0 Å². The third-order valence-corrected chi connectivity index (χ3v) is 7.71. The summed E-state index contributed by atoms with van der Waals surface area (Å²) in [5.74, 6) is 2.25. The van der Waals surface area contributed by atoms with Gasteiger partial charge in [-0.15, -0.1) is 0 Å². The standard InChI is InChI=1S/C23H28N2O7S/c1-29-19-6-3-17(15-21(19)30-2)4-8-23(26)24-9-11-25(12-10-24)33(27,28)18-5-7-20-22(16-18)32-14-13-31-20/h3,5-7,15-16H,4,8-14H2,1-2H3. The fourth-order valence-corrected chi connectivity index (χ4v) is 5.39. The summed E-state index contributed by atoms with van der Waals surface area (Å²) >= 11 is 0. The Morgan fingerprint density at radius 2 is 1.61 bits per heavy atom. The highest BCUT2D eigenvalue weighted by atomic mass is 32.2. The number of piperazine rings is 1. The van der Waals surface area contributed by atoms with Gasteiger partial charge in [0.25, 0.3) is 0 Å². The van der Waals surface area contributed by atoms with Gasteiger partial charge in [-0.1, -0.05) is 6.07 Å². The minimum Gasteiger partial charge on any atom is -0.493 e. The molecule has 2 aromatic carbocycles. The number of carbonyl (C=O) groups excluding carboxylic acids is 1. The van der Waals surface area contributed by atoms with Gasteiger partial charge in [-0.3, -0.25) is 4.79 Å². The van der Waals surface area contributed by atoms with Gasteiger partial charge in [-0.2, -0.15) is 4.31 Å². The molecule has 2 aromatic rings. The van der Waals surface area contributed by atoms with E-state index < -0.39 is 10.0 Å². The molecule has 0 aromatic heterocycles. The van der Waals surface area contributed by atoms with Crippen molar-refractivity contribution in [3.8, 4) is 23.0 Å². The first-order valence-electron chi connectivity index (χ1n) is 10.8. The lowest BCUT2D eigenvalue weighted by Crippen LogP contribution is -2.50. The number of hydrogen-bond acceptors (Lipinski definition) is 7. The van der Waals surface area contributed by atoms with Crippen molar-refractivity contribution >= 4 is 15.9 Å². The Morgan fingerprint density at radius 1 is 0.909 bits per heavy atom. The van der Waals surface area contributed by atoms with E-state index in [2.05, 4.69) is 0 Å². The maximum atomic E-state index is 13.1. The zero-order valence-corrected chi connectivity index (χ0v) is 19.6. The van der Waals surface area contributed by atoms with E-state index >= 15 is 0 Å². The Balaban J connectivity index is 1.33. The number of carbonyl (C=O) groups is 1. The summed E-state index contributed by atoms with van der Waals surface area (Å²) in [6, 6.07) is 10.2. The molecule has 0 saturated carbocycles. The lowest BCUT2D eigenvalue weighted by Gasteiger charge is -2.34. The summed E-state index contributed by atoms with van der Waals surface area (Å²) in [6.45, 7) is 2.04. The highest BCUT2D eigenvalue weighted by Gasteiger charge is 2.31. The Hall–Kier alpha value is -2.98. The molecule has 2 heterocycles. The van der Waals surface area contributed by atoms with Crippen LogP contribution >= 0.6 is 0 Å². The molecule has 0 radical (unpaired) electrons. The van der Waals surface area contributed by atoms with Gasteiger partial charge >= 0.3 is 0 Å². The monoisotopic (exact) mass is 476 g/mol. The van der Waals surface area contributed by atoms with Crippen molar-refractivity contribution in [3.05, 3.63) is 42.0 Å². The van der Waals surface area contributed by atoms with Crippen LogP contribution in [0.25, 0.3) is 0 Å². The zero-order valence-electron chi connectivity index (χ0n) is 18.8. The molecule has 10 heteroatoms. The molecule has 178 valence electrons. The Labute approximate surface area is 193 Å². The number of rotatable bonds is 7. The van der Waals surface area contributed by atoms with Gasteiger partial charge in [0.2, 0.25) is 15.9 Å². The number of fused-ring (bicyclic) bond motifs is 1. The first-order valence-corrected chi connectivity index (χ1v) is 12.2. The lowest BCUT2D eigenvalue weighted by molar-refractivity contribution is -0.132. The molecule has 2 aliphatic rings. The van der Waals surface area contributed by atoms with E-state index in [-0.39, 0.29) is 23.9 Å². The van der Waals surface area contributed by atoms with E-state index in [9.17, 15) is 13.2 Å². The van der Waals surface area contributed by atoms with E-state index in [1.165, 1.54) is 16.4 Å². The van der Waals surface area contributed by atoms with Crippen molar-refractivity contribution in [1.82, 2.24) is 9.21 Å². The van der Waals surface area contributed by atoms with Crippen LogP contribution in [0.1, 0.15) is 12.0 Å². The summed E-state index contributed by atoms with van der Waals surface area (Å²) in [5.41, 5.74) is 0.973. The number of ether oxygens (including phenoxy) is 4. The second-order valence-electron chi connectivity index (χ2n) is 7.78. The fourth-order valence-electron chi connectivity index (χ4n) is 3.96. The molecule has 1 fully saturated rings. The van der Waals surface area contributed by atoms with Crippen LogP contribution in [-0.4, -0.2) is 77.1 Å². The van der Waals surface area contributed by atoms with Crippen LogP contribution in [0.4, 0.5) is 0 Å². The van der Waals surface area contributed by atoms with E-state index in [0.717, 1.165) is 5.56 Å². The molecule has 0 unspecified atom stereocenters. The average Bonchev–Trinajstić information content (AvgIpc) is 2.86. The van der Waals surface area contributed by atoms with E-state index in [1.54, 1.807) is 25.2 Å². The van der Waals surface area contributed by atoms with Crippen LogP contribution in [0.3, 0.4) is 0 Å². The number of methoxy groups -OCH3 is 2. The van der Waals surface area contributed by atoms with Crippen molar-refractivity contribution in [1.29, 1.82) is 0 Å². The van der Waals surface area contributed by atoms with Crippen molar-refractivity contribution in [2.75, 3.05) is 53.6 Å². The highest BCUT2D eigenvalue weighted by Crippen LogP contribution is 2.33. The number of hydrogen-bond donors (Lipinski definition) is 0. The summed E-state index contributed by atoms with van der Waals surface area (Å²) < 4.78 is 49.1. The van der Waals surface area contributed by atoms with Crippen LogP contribution in [0.15, 0.2) is 41.3 Å². The van der Waals surface area contributed by atoms with Crippen molar-refractivity contribution in [2.24, 2.45) is 0 Å². The number of aryl methyl sites for hydroxylation is 1. The fraction of sp³-hybridized carbons (Fsp3) is 0.435. The lowest BCUT2D eigenvalue weighted by atomic mass is 10.1. The molecule has 4 rings (SSSR count). The maximum Gasteiger partial charge on any atom is 0.243 e. The molecule has 0 bridgehead atoms. The summed E-state index contributed by atoms with van der Waals surface area (Å²) in [4.78, 5) is 14.6. The largest absolute Gasteiger partial charge is 0.493 e. The minimum atomic E-state index is -3.68. The first-order chi connectivity index (χ1) is 15.9. The summed E-state index contributed by atoms with van der Waals surface area (Å²) in [5, 5.41) is 0. The van der Waals surface area contributed by atoms with Crippen LogP contribution in [-0.2, 0) is 21.2 Å². The highest BCUT2D eigenvalue weighted by molar-refractivity contribution is 7.89. The van der Waals surface area contributed by atoms with Gasteiger partial charge in [-0.25, -0.2) is 8.42 Å². The number of nitrogens with zero attached hydrogens (tertiary/aromatic N) is 2.